The molecule has 7 saturated carbocycles. The van der Waals surface area contributed by atoms with Gasteiger partial charge in [0.15, 0.2) is 0 Å². The fourth-order valence-corrected chi connectivity index (χ4v) is 7.53. The molecule has 0 amide bonds. The summed E-state index contributed by atoms with van der Waals surface area (Å²) in [6.07, 6.45) is 17.9. The normalized spacial score (nSPS) is 42.1. The van der Waals surface area contributed by atoms with Crippen LogP contribution in [-0.4, -0.2) is 43.9 Å². The number of nitrogens with two attached hydrogens (primary N) is 1. The molecule has 0 aromatic carbocycles. The van der Waals surface area contributed by atoms with Crippen LogP contribution in [0.4, 0.5) is 0 Å². The summed E-state index contributed by atoms with van der Waals surface area (Å²) in [7, 11) is 0. The van der Waals surface area contributed by atoms with Crippen LogP contribution in [0, 0.1) is 29.6 Å². The maximum atomic E-state index is 5.53. The highest BCUT2D eigenvalue weighted by Crippen LogP contribution is 2.55. The third-order valence-electron chi connectivity index (χ3n) is 8.55. The van der Waals surface area contributed by atoms with Gasteiger partial charge in [-0.3, -0.25) is 0 Å². The van der Waals surface area contributed by atoms with Crippen molar-refractivity contribution in [2.45, 2.75) is 82.6 Å². The van der Waals surface area contributed by atoms with Gasteiger partial charge in [-0.25, -0.2) is 9.98 Å². The number of hydrogen-bond donors (Lipinski definition) is 2. The van der Waals surface area contributed by atoms with Crippen LogP contribution >= 0.6 is 0 Å². The van der Waals surface area contributed by atoms with Gasteiger partial charge >= 0.3 is 0 Å². The van der Waals surface area contributed by atoms with Gasteiger partial charge in [-0.1, -0.05) is 38.5 Å². The first kappa shape index (κ1) is 20.4. The number of hydrogen-bond acceptors (Lipinski definition) is 6. The number of amidine groups is 2. The van der Waals surface area contributed by atoms with Gasteiger partial charge in [0, 0.05) is 5.54 Å². The maximum absolute atomic E-state index is 5.53. The molecule has 0 unspecified atom stereocenters. The fraction of sp³-hybridized carbons (Fsp3) is 0.917. The standard InChI is InChI=1S/C13H20N2O.C8H14.C3H6N2O/c1-2-16-12(14-1)15-13-6-9-3-10(7-13)5-11(4-9)8-13;1-2-8-5-3-7(1)4-6-8;4-3-5-1-2-6-3/h9-11H,1-8H2,(H,14,15);7-8H,1-6H2;1-2H2,(H2,4,5). The number of rotatable bonds is 1. The molecule has 0 aromatic rings. The zero-order valence-corrected chi connectivity index (χ0v) is 18.5. The van der Waals surface area contributed by atoms with Crippen LogP contribution in [0.2, 0.25) is 0 Å². The topological polar surface area (TPSA) is 81.2 Å². The van der Waals surface area contributed by atoms with Crippen molar-refractivity contribution < 1.29 is 9.47 Å². The molecule has 0 saturated heterocycles. The second-order valence-electron chi connectivity index (χ2n) is 10.9. The number of nitrogens with zero attached hydrogens (tertiary/aromatic N) is 2. The van der Waals surface area contributed by atoms with E-state index in [1.165, 1.54) is 38.5 Å². The quantitative estimate of drug-likeness (QED) is 0.680. The van der Waals surface area contributed by atoms with Gasteiger partial charge in [0.1, 0.15) is 13.2 Å². The summed E-state index contributed by atoms with van der Waals surface area (Å²) in [5.74, 6) is 5.27. The molecule has 7 fully saturated rings. The summed E-state index contributed by atoms with van der Waals surface area (Å²) >= 11 is 0. The Bertz CT molecular complexity index is 595. The molecule has 168 valence electrons. The largest absolute Gasteiger partial charge is 0.463 e. The molecule has 0 aromatic heterocycles. The lowest BCUT2D eigenvalue weighted by molar-refractivity contribution is -0.0126. The summed E-state index contributed by atoms with van der Waals surface area (Å²) < 4.78 is 10.2. The van der Waals surface area contributed by atoms with E-state index in [2.05, 4.69) is 20.0 Å². The zero-order valence-electron chi connectivity index (χ0n) is 18.5. The molecule has 6 heteroatoms. The van der Waals surface area contributed by atoms with Gasteiger partial charge in [-0.15, -0.1) is 0 Å². The van der Waals surface area contributed by atoms with Crippen molar-refractivity contribution in [3.8, 4) is 0 Å². The highest BCUT2D eigenvalue weighted by molar-refractivity contribution is 5.75. The molecular formula is C24H40N4O2. The third-order valence-corrected chi connectivity index (χ3v) is 8.55. The van der Waals surface area contributed by atoms with Crippen molar-refractivity contribution in [3.05, 3.63) is 0 Å². The predicted molar refractivity (Wildman–Crippen MR) is 119 cm³/mol. The van der Waals surface area contributed by atoms with E-state index in [0.717, 1.165) is 55.3 Å². The van der Waals surface area contributed by atoms with E-state index >= 15 is 0 Å². The highest BCUT2D eigenvalue weighted by atomic mass is 16.5. The average Bonchev–Trinajstić information content (AvgIpc) is 3.43. The van der Waals surface area contributed by atoms with Crippen LogP contribution in [0.15, 0.2) is 9.98 Å². The van der Waals surface area contributed by atoms with Gasteiger partial charge in [0.05, 0.1) is 13.1 Å². The molecule has 6 bridgehead atoms. The average molecular weight is 417 g/mol. The molecule has 30 heavy (non-hydrogen) atoms. The Kier molecular flexibility index (Phi) is 6.10. The summed E-state index contributed by atoms with van der Waals surface area (Å²) in [6.45, 7) is 3.00. The SMILES string of the molecule is C1CC2CCC1CC2.C1COC(NC23CC4CC(CC(C4)C2)C3)=N1.NC1=NCCO1. The molecule has 2 aliphatic heterocycles. The summed E-state index contributed by atoms with van der Waals surface area (Å²) in [5, 5.41) is 3.65. The number of aliphatic imine (C=N–C) groups is 2. The first-order chi connectivity index (χ1) is 14.7. The molecule has 9 rings (SSSR count). The smallest absolute Gasteiger partial charge is 0.285 e. The first-order valence-corrected chi connectivity index (χ1v) is 12.5. The van der Waals surface area contributed by atoms with E-state index in [9.17, 15) is 0 Å². The summed E-state index contributed by atoms with van der Waals surface area (Å²) in [6, 6.07) is 1.16. The minimum Gasteiger partial charge on any atom is -0.463 e. The molecule has 7 aliphatic carbocycles. The van der Waals surface area contributed by atoms with E-state index in [4.69, 9.17) is 10.5 Å². The van der Waals surface area contributed by atoms with Crippen LogP contribution in [0.1, 0.15) is 77.0 Å². The van der Waals surface area contributed by atoms with Crippen molar-refractivity contribution in [1.82, 2.24) is 5.32 Å². The monoisotopic (exact) mass is 416 g/mol. The second-order valence-corrected chi connectivity index (χ2v) is 10.9. The van der Waals surface area contributed by atoms with E-state index in [1.807, 2.05) is 0 Å². The minimum absolute atomic E-state index is 0.329. The lowest BCUT2D eigenvalue weighted by Gasteiger charge is -2.56. The molecule has 0 radical (unpaired) electrons. The van der Waals surface area contributed by atoms with Gasteiger partial charge < -0.3 is 20.5 Å². The molecule has 0 atom stereocenters. The van der Waals surface area contributed by atoms with E-state index in [0.29, 0.717) is 18.2 Å². The minimum atomic E-state index is 0.329. The van der Waals surface area contributed by atoms with Crippen molar-refractivity contribution in [1.29, 1.82) is 0 Å². The number of nitrogens with one attached hydrogen (secondary N) is 1. The van der Waals surface area contributed by atoms with Gasteiger partial charge in [-0.05, 0) is 68.1 Å². The summed E-state index contributed by atoms with van der Waals surface area (Å²) in [4.78, 5) is 8.10. The Balaban J connectivity index is 0.000000114. The predicted octanol–water partition coefficient (Wildman–Crippen LogP) is 3.85. The molecule has 3 N–H and O–H groups in total. The molecule has 6 nitrogen and oxygen atoms in total. The maximum Gasteiger partial charge on any atom is 0.285 e. The van der Waals surface area contributed by atoms with E-state index in [-0.39, 0.29) is 0 Å². The lowest BCUT2D eigenvalue weighted by Crippen LogP contribution is -2.59. The first-order valence-electron chi connectivity index (χ1n) is 12.5. The Hall–Kier alpha value is -1.46. The van der Waals surface area contributed by atoms with Crippen molar-refractivity contribution in [3.63, 3.8) is 0 Å². The highest BCUT2D eigenvalue weighted by Gasteiger charge is 2.51. The Labute approximate surface area is 181 Å². The van der Waals surface area contributed by atoms with Crippen LogP contribution in [0.3, 0.4) is 0 Å². The molecule has 9 aliphatic rings. The van der Waals surface area contributed by atoms with Gasteiger partial charge in [0.2, 0.25) is 0 Å². The molecular weight excluding hydrogens is 376 g/mol. The Morgan fingerprint density at radius 1 is 0.700 bits per heavy atom. The van der Waals surface area contributed by atoms with Crippen molar-refractivity contribution in [2.75, 3.05) is 26.3 Å². The van der Waals surface area contributed by atoms with Crippen LogP contribution in [-0.2, 0) is 9.47 Å². The zero-order chi connectivity index (χ0) is 20.4. The Morgan fingerprint density at radius 3 is 1.53 bits per heavy atom. The van der Waals surface area contributed by atoms with E-state index < -0.39 is 0 Å². The third kappa shape index (κ3) is 4.88. The molecule has 0 spiro atoms. The number of ether oxygens (including phenoxy) is 2. The van der Waals surface area contributed by atoms with Crippen LogP contribution in [0.5, 0.6) is 0 Å². The van der Waals surface area contributed by atoms with Crippen molar-refractivity contribution in [2.24, 2.45) is 45.3 Å². The van der Waals surface area contributed by atoms with Gasteiger partial charge in [0.25, 0.3) is 12.0 Å². The number of fused-ring (bicyclic) bond motifs is 3. The second kappa shape index (κ2) is 8.96. The Morgan fingerprint density at radius 2 is 1.20 bits per heavy atom. The van der Waals surface area contributed by atoms with Crippen LogP contribution in [0.25, 0.3) is 0 Å². The van der Waals surface area contributed by atoms with Gasteiger partial charge in [-0.2, -0.15) is 0 Å². The van der Waals surface area contributed by atoms with Crippen molar-refractivity contribution >= 4 is 12.0 Å². The summed E-state index contributed by atoms with van der Waals surface area (Å²) in [5.41, 5.74) is 5.42. The lowest BCUT2D eigenvalue weighted by atomic mass is 9.53. The fourth-order valence-electron chi connectivity index (χ4n) is 7.53. The molecule has 2 heterocycles. The van der Waals surface area contributed by atoms with E-state index in [1.54, 1.807) is 38.5 Å². The van der Waals surface area contributed by atoms with Crippen LogP contribution < -0.4 is 11.1 Å².